The van der Waals surface area contributed by atoms with Gasteiger partial charge in [0.15, 0.2) is 0 Å². The maximum atomic E-state index is 2.46. The molecule has 0 rings (SSSR count). The molecule has 1 radical (unpaired) electrons. The van der Waals surface area contributed by atoms with E-state index in [9.17, 15) is 0 Å². The van der Waals surface area contributed by atoms with Gasteiger partial charge >= 0.3 is 0 Å². The van der Waals surface area contributed by atoms with Crippen molar-refractivity contribution in [3.8, 4) is 0 Å². The molecule has 0 aliphatic heterocycles. The predicted octanol–water partition coefficient (Wildman–Crippen LogP) is 4.74. The van der Waals surface area contributed by atoms with Crippen molar-refractivity contribution in [1.29, 1.82) is 0 Å². The average Bonchev–Trinajstić information content (AvgIpc) is 1.82. The average molecular weight is 199 g/mol. The van der Waals surface area contributed by atoms with Crippen molar-refractivity contribution in [3.63, 3.8) is 0 Å². The van der Waals surface area contributed by atoms with Gasteiger partial charge < -0.3 is 0 Å². The molecule has 0 aromatic heterocycles. The normalized spacial score (nSPS) is 13.8. The Labute approximate surface area is 86.7 Å². The fourth-order valence-corrected chi connectivity index (χ4v) is 7.46. The maximum Gasteiger partial charge on any atom is 0.0597 e. The fourth-order valence-electron chi connectivity index (χ4n) is 2.49. The topological polar surface area (TPSA) is 0 Å². The Bertz CT molecular complexity index is 137. The van der Waals surface area contributed by atoms with Crippen LogP contribution in [0.15, 0.2) is 0 Å². The summed E-state index contributed by atoms with van der Waals surface area (Å²) in [6.07, 6.45) is 0. The van der Waals surface area contributed by atoms with E-state index in [0.29, 0.717) is 5.04 Å². The van der Waals surface area contributed by atoms with Crippen LogP contribution in [0, 0.1) is 5.92 Å². The predicted molar refractivity (Wildman–Crippen MR) is 64.8 cm³/mol. The summed E-state index contributed by atoms with van der Waals surface area (Å²) in [5.41, 5.74) is 1.78. The van der Waals surface area contributed by atoms with E-state index < -0.39 is 0 Å². The largest absolute Gasteiger partial charge is 0.0653 e. The summed E-state index contributed by atoms with van der Waals surface area (Å²) in [6.45, 7) is 19.3. The molecule has 13 heavy (non-hydrogen) atoms. The Hall–Kier alpha value is 0.217. The molecule has 0 amide bonds. The number of rotatable bonds is 4. The van der Waals surface area contributed by atoms with Gasteiger partial charge in [0.1, 0.15) is 0 Å². The maximum absolute atomic E-state index is 2.46. The molecule has 0 heterocycles. The van der Waals surface area contributed by atoms with Gasteiger partial charge in [-0.15, -0.1) is 0 Å². The van der Waals surface area contributed by atoms with E-state index in [1.54, 1.807) is 0 Å². The van der Waals surface area contributed by atoms with Crippen LogP contribution >= 0.6 is 0 Å². The van der Waals surface area contributed by atoms with Gasteiger partial charge in [-0.3, -0.25) is 0 Å². The molecule has 79 valence electrons. The van der Waals surface area contributed by atoms with Crippen molar-refractivity contribution >= 4 is 8.80 Å². The van der Waals surface area contributed by atoms with Crippen molar-refractivity contribution in [2.45, 2.75) is 71.5 Å². The van der Waals surface area contributed by atoms with Crippen LogP contribution in [-0.2, 0) is 0 Å². The third kappa shape index (κ3) is 3.12. The van der Waals surface area contributed by atoms with Crippen LogP contribution < -0.4 is 0 Å². The summed E-state index contributed by atoms with van der Waals surface area (Å²) in [5.74, 6) is 0.811. The first-order chi connectivity index (χ1) is 5.71. The van der Waals surface area contributed by atoms with Crippen LogP contribution in [0.5, 0.6) is 0 Å². The molecule has 0 atom stereocenters. The Balaban J connectivity index is 4.73. The van der Waals surface area contributed by atoms with E-state index in [1.807, 2.05) is 0 Å². The Kier molecular flexibility index (Phi) is 4.71. The standard InChI is InChI=1S/C12H27Si/c1-9(2)12(7,8)13(10(3)4)11(5)6/h9-11H,1-8H3. The fraction of sp³-hybridized carbons (Fsp3) is 1.00. The highest BCUT2D eigenvalue weighted by atomic mass is 28.3. The summed E-state index contributed by atoms with van der Waals surface area (Å²) < 4.78 is 0. The van der Waals surface area contributed by atoms with Crippen molar-refractivity contribution < 1.29 is 0 Å². The summed E-state index contributed by atoms with van der Waals surface area (Å²) in [7, 11) is -0.254. The Morgan fingerprint density at radius 3 is 1.15 bits per heavy atom. The summed E-state index contributed by atoms with van der Waals surface area (Å²) in [4.78, 5) is 0. The second-order valence-corrected chi connectivity index (χ2v) is 10.1. The second-order valence-electron chi connectivity index (χ2n) is 5.64. The number of hydrogen-bond acceptors (Lipinski definition) is 0. The summed E-state index contributed by atoms with van der Waals surface area (Å²) in [5, 5.41) is 0.562. The van der Waals surface area contributed by atoms with Gasteiger partial charge in [-0.05, 0) is 11.0 Å². The molecule has 0 N–H and O–H groups in total. The molecule has 0 saturated heterocycles. The van der Waals surface area contributed by atoms with Gasteiger partial charge in [-0.1, -0.05) is 66.5 Å². The lowest BCUT2D eigenvalue weighted by Gasteiger charge is -2.41. The SMILES string of the molecule is CC(C)[Si](C(C)C)C(C)(C)C(C)C. The van der Waals surface area contributed by atoms with Crippen LogP contribution in [0.3, 0.4) is 0 Å². The molecule has 0 aromatic rings. The van der Waals surface area contributed by atoms with Gasteiger partial charge in [0.05, 0.1) is 8.80 Å². The van der Waals surface area contributed by atoms with Gasteiger partial charge in [-0.25, -0.2) is 0 Å². The molecule has 0 aliphatic carbocycles. The van der Waals surface area contributed by atoms with E-state index in [2.05, 4.69) is 55.4 Å². The molecule has 0 spiro atoms. The quantitative estimate of drug-likeness (QED) is 0.574. The molecular formula is C12H27Si. The third-order valence-corrected chi connectivity index (χ3v) is 7.98. The molecule has 1 heteroatoms. The van der Waals surface area contributed by atoms with Crippen LogP contribution in [0.4, 0.5) is 0 Å². The van der Waals surface area contributed by atoms with Crippen LogP contribution in [-0.4, -0.2) is 8.80 Å². The minimum absolute atomic E-state index is 0.254. The summed E-state index contributed by atoms with van der Waals surface area (Å²) >= 11 is 0. The van der Waals surface area contributed by atoms with Crippen LogP contribution in [0.25, 0.3) is 0 Å². The van der Waals surface area contributed by atoms with E-state index in [-0.39, 0.29) is 8.80 Å². The molecular weight excluding hydrogens is 172 g/mol. The summed E-state index contributed by atoms with van der Waals surface area (Å²) in [6, 6.07) is 0. The molecule has 0 fully saturated rings. The molecule has 0 aromatic carbocycles. The lowest BCUT2D eigenvalue weighted by Crippen LogP contribution is -2.37. The van der Waals surface area contributed by atoms with E-state index in [0.717, 1.165) is 17.0 Å². The van der Waals surface area contributed by atoms with E-state index in [4.69, 9.17) is 0 Å². The smallest absolute Gasteiger partial charge is 0.0597 e. The number of hydrogen-bond donors (Lipinski definition) is 0. The first-order valence-corrected chi connectivity index (χ1v) is 7.23. The molecule has 0 unspecified atom stereocenters. The van der Waals surface area contributed by atoms with Crippen molar-refractivity contribution in [2.24, 2.45) is 5.92 Å². The highest BCUT2D eigenvalue weighted by molar-refractivity contribution is 6.65. The van der Waals surface area contributed by atoms with Crippen molar-refractivity contribution in [3.05, 3.63) is 0 Å². The molecule has 0 aliphatic rings. The van der Waals surface area contributed by atoms with E-state index >= 15 is 0 Å². The van der Waals surface area contributed by atoms with Gasteiger partial charge in [-0.2, -0.15) is 0 Å². The van der Waals surface area contributed by atoms with Crippen LogP contribution in [0.1, 0.15) is 55.4 Å². The van der Waals surface area contributed by atoms with Crippen molar-refractivity contribution in [2.75, 3.05) is 0 Å². The first-order valence-electron chi connectivity index (χ1n) is 5.58. The molecule has 0 saturated carbocycles. The minimum atomic E-state index is -0.254. The Morgan fingerprint density at radius 1 is 0.769 bits per heavy atom. The second kappa shape index (κ2) is 4.63. The zero-order chi connectivity index (χ0) is 10.8. The highest BCUT2D eigenvalue weighted by Gasteiger charge is 2.37. The van der Waals surface area contributed by atoms with Gasteiger partial charge in [0.25, 0.3) is 0 Å². The van der Waals surface area contributed by atoms with Crippen molar-refractivity contribution in [1.82, 2.24) is 0 Å². The van der Waals surface area contributed by atoms with E-state index in [1.165, 1.54) is 0 Å². The highest BCUT2D eigenvalue weighted by Crippen LogP contribution is 2.46. The zero-order valence-corrected chi connectivity index (χ0v) is 11.7. The van der Waals surface area contributed by atoms with Gasteiger partial charge in [0.2, 0.25) is 0 Å². The lowest BCUT2D eigenvalue weighted by molar-refractivity contribution is 0.454. The van der Waals surface area contributed by atoms with Gasteiger partial charge in [0, 0.05) is 0 Å². The lowest BCUT2D eigenvalue weighted by atomic mass is 9.99. The van der Waals surface area contributed by atoms with Crippen LogP contribution in [0.2, 0.25) is 16.1 Å². The zero-order valence-electron chi connectivity index (χ0n) is 10.7. The first kappa shape index (κ1) is 13.2. The minimum Gasteiger partial charge on any atom is -0.0653 e. The molecule has 0 nitrogen and oxygen atoms in total. The Morgan fingerprint density at radius 2 is 1.08 bits per heavy atom. The monoisotopic (exact) mass is 199 g/mol. The molecule has 0 bridgehead atoms. The third-order valence-electron chi connectivity index (χ3n) is 3.43.